The fraction of sp³-hybridized carbons (Fsp3) is 0.333. The molecule has 2 aromatic carbocycles. The van der Waals surface area contributed by atoms with E-state index >= 15 is 0 Å². The molecule has 0 saturated carbocycles. The van der Waals surface area contributed by atoms with E-state index in [0.29, 0.717) is 33.7 Å². The molecule has 0 spiro atoms. The maximum Gasteiger partial charge on any atom is 0.430 e. The van der Waals surface area contributed by atoms with Crippen LogP contribution in [0.2, 0.25) is 0 Å². The first kappa shape index (κ1) is 29.7. The number of rotatable bonds is 6. The lowest BCUT2D eigenvalue weighted by Gasteiger charge is -2.33. The summed E-state index contributed by atoms with van der Waals surface area (Å²) in [6.45, 7) is -0.0351. The third-order valence-electron chi connectivity index (χ3n) is 6.49. The van der Waals surface area contributed by atoms with Crippen molar-refractivity contribution in [3.63, 3.8) is 0 Å². The first-order valence-electron chi connectivity index (χ1n) is 11.9. The Balaban J connectivity index is 1.74. The predicted molar refractivity (Wildman–Crippen MR) is 136 cm³/mol. The summed E-state index contributed by atoms with van der Waals surface area (Å²) in [4.78, 5) is 18.8. The summed E-state index contributed by atoms with van der Waals surface area (Å²) in [5.41, 5.74) is -5.78. The molecule has 1 amide bonds. The largest absolute Gasteiger partial charge is 0.497 e. The fourth-order valence-electron chi connectivity index (χ4n) is 4.49. The number of methoxy groups -OCH3 is 1. The number of fused-ring (bicyclic) bond motifs is 1. The van der Waals surface area contributed by atoms with Crippen LogP contribution < -0.4 is 14.4 Å². The summed E-state index contributed by atoms with van der Waals surface area (Å²) >= 11 is 3.28. The van der Waals surface area contributed by atoms with Crippen molar-refractivity contribution in [1.29, 1.82) is 0 Å². The van der Waals surface area contributed by atoms with E-state index in [1.807, 2.05) is 0 Å². The Labute approximate surface area is 233 Å². The Morgan fingerprint density at radius 1 is 1.05 bits per heavy atom. The minimum absolute atomic E-state index is 0.0220. The van der Waals surface area contributed by atoms with E-state index in [0.717, 1.165) is 6.07 Å². The highest BCUT2D eigenvalue weighted by molar-refractivity contribution is 9.10. The molecule has 1 aliphatic heterocycles. The average Bonchev–Trinajstić information content (AvgIpc) is 3.06. The van der Waals surface area contributed by atoms with Crippen molar-refractivity contribution >= 4 is 27.5 Å². The summed E-state index contributed by atoms with van der Waals surface area (Å²) in [5.74, 6) is 0.438. The molecule has 1 N–H and O–H groups in total. The van der Waals surface area contributed by atoms with Gasteiger partial charge in [0.15, 0.2) is 0 Å². The third kappa shape index (κ3) is 6.04. The number of anilines is 1. The molecule has 40 heavy (non-hydrogen) atoms. The zero-order valence-electron chi connectivity index (χ0n) is 20.9. The van der Waals surface area contributed by atoms with Crippen LogP contribution in [0, 0.1) is 0 Å². The molecule has 1 atom stereocenters. The molecular formula is C27H23BrF6N2O4. The number of aryl methyl sites for hydroxylation is 1. The quantitative estimate of drug-likeness (QED) is 0.331. The maximum absolute atomic E-state index is 13.6. The zero-order valence-corrected chi connectivity index (χ0v) is 22.5. The van der Waals surface area contributed by atoms with E-state index in [1.54, 1.807) is 30.3 Å². The van der Waals surface area contributed by atoms with Gasteiger partial charge in [0.25, 0.3) is 5.60 Å². The Morgan fingerprint density at radius 3 is 2.40 bits per heavy atom. The van der Waals surface area contributed by atoms with Gasteiger partial charge >= 0.3 is 12.4 Å². The Bertz CT molecular complexity index is 1370. The second kappa shape index (κ2) is 11.3. The molecule has 4 rings (SSSR count). The molecule has 0 saturated heterocycles. The van der Waals surface area contributed by atoms with E-state index in [2.05, 4.69) is 20.9 Å². The van der Waals surface area contributed by atoms with Crippen LogP contribution in [0.1, 0.15) is 23.1 Å². The van der Waals surface area contributed by atoms with Gasteiger partial charge in [0.2, 0.25) is 5.91 Å². The van der Waals surface area contributed by atoms with Crippen LogP contribution in [-0.4, -0.2) is 48.1 Å². The van der Waals surface area contributed by atoms with E-state index in [1.165, 1.54) is 24.4 Å². The van der Waals surface area contributed by atoms with Gasteiger partial charge in [0.1, 0.15) is 17.6 Å². The molecule has 214 valence electrons. The van der Waals surface area contributed by atoms with Crippen LogP contribution in [0.4, 0.5) is 32.0 Å². The van der Waals surface area contributed by atoms with E-state index < -0.39 is 35.5 Å². The van der Waals surface area contributed by atoms with Crippen LogP contribution in [0.5, 0.6) is 11.5 Å². The molecule has 2 heterocycles. The number of carbonyl (C=O) groups excluding carboxylic acids is 1. The number of hydrogen-bond donors (Lipinski definition) is 1. The molecule has 0 fully saturated rings. The summed E-state index contributed by atoms with van der Waals surface area (Å²) in [5, 5.41) is 9.94. The summed E-state index contributed by atoms with van der Waals surface area (Å²) in [6.07, 6.45) is -9.75. The van der Waals surface area contributed by atoms with Crippen molar-refractivity contribution in [3.05, 3.63) is 82.1 Å². The van der Waals surface area contributed by atoms with Crippen LogP contribution in [-0.2, 0) is 23.2 Å². The predicted octanol–water partition coefficient (Wildman–Crippen LogP) is 6.13. The standard InChI is InChI=1S/C27H23BrF6N2O4/c1-39-20-3-2-4-21(12-20)40-22-7-5-17-11-18(25(38,26(29,30)31)27(32,33)34)6-8-23(17)36(15-22)24(37)10-16-9-19(28)14-35-13-16/h2-4,6,8-9,11-14,22,38H,5,7,10,15H2,1H3. The highest BCUT2D eigenvalue weighted by atomic mass is 79.9. The monoisotopic (exact) mass is 632 g/mol. The van der Waals surface area contributed by atoms with Crippen LogP contribution in [0.25, 0.3) is 0 Å². The lowest BCUT2D eigenvalue weighted by molar-refractivity contribution is -0.376. The molecule has 3 aromatic rings. The molecule has 1 unspecified atom stereocenters. The minimum atomic E-state index is -6.04. The van der Waals surface area contributed by atoms with Gasteiger partial charge < -0.3 is 19.5 Å². The van der Waals surface area contributed by atoms with Gasteiger partial charge in [-0.25, -0.2) is 0 Å². The lowest BCUT2D eigenvalue weighted by atomic mass is 9.89. The molecular weight excluding hydrogens is 610 g/mol. The number of nitrogens with zero attached hydrogens (tertiary/aromatic N) is 2. The summed E-state index contributed by atoms with van der Waals surface area (Å²) in [7, 11) is 1.47. The van der Waals surface area contributed by atoms with E-state index in [4.69, 9.17) is 9.47 Å². The number of halogens is 7. The molecule has 13 heteroatoms. The number of carbonyl (C=O) groups is 1. The van der Waals surface area contributed by atoms with Gasteiger partial charge in [-0.1, -0.05) is 18.2 Å². The second-order valence-corrected chi connectivity index (χ2v) is 10.1. The third-order valence-corrected chi connectivity index (χ3v) is 6.93. The number of alkyl halides is 6. The molecule has 0 aliphatic carbocycles. The van der Waals surface area contributed by atoms with Gasteiger partial charge in [-0.15, -0.1) is 0 Å². The minimum Gasteiger partial charge on any atom is -0.497 e. The highest BCUT2D eigenvalue weighted by Gasteiger charge is 2.71. The first-order chi connectivity index (χ1) is 18.7. The molecule has 6 nitrogen and oxygen atoms in total. The number of amides is 1. The smallest absolute Gasteiger partial charge is 0.430 e. The van der Waals surface area contributed by atoms with Crippen LogP contribution in [0.3, 0.4) is 0 Å². The van der Waals surface area contributed by atoms with Gasteiger partial charge in [-0.3, -0.25) is 9.78 Å². The van der Waals surface area contributed by atoms with E-state index in [9.17, 15) is 36.2 Å². The van der Waals surface area contributed by atoms with Crippen molar-refractivity contribution in [3.8, 4) is 11.5 Å². The number of aromatic nitrogens is 1. The number of ether oxygens (including phenoxy) is 2. The Morgan fingerprint density at radius 2 is 1.75 bits per heavy atom. The van der Waals surface area contributed by atoms with Crippen molar-refractivity contribution in [1.82, 2.24) is 4.98 Å². The molecule has 0 bridgehead atoms. The van der Waals surface area contributed by atoms with Crippen LogP contribution >= 0.6 is 15.9 Å². The fourth-order valence-corrected chi connectivity index (χ4v) is 4.91. The maximum atomic E-state index is 13.6. The first-order valence-corrected chi connectivity index (χ1v) is 12.7. The number of pyridine rings is 1. The van der Waals surface area contributed by atoms with Gasteiger partial charge in [0, 0.05) is 34.2 Å². The van der Waals surface area contributed by atoms with Gasteiger partial charge in [-0.05, 0) is 64.2 Å². The highest BCUT2D eigenvalue weighted by Crippen LogP contribution is 2.50. The topological polar surface area (TPSA) is 71.9 Å². The summed E-state index contributed by atoms with van der Waals surface area (Å²) < 4.78 is 93.3. The van der Waals surface area contributed by atoms with Crippen molar-refractivity contribution in [2.24, 2.45) is 0 Å². The summed E-state index contributed by atoms with van der Waals surface area (Å²) in [6, 6.07) is 10.5. The molecule has 1 aliphatic rings. The normalized spacial score (nSPS) is 16.2. The average molecular weight is 633 g/mol. The van der Waals surface area contributed by atoms with Crippen molar-refractivity contribution < 1.29 is 45.7 Å². The molecule has 1 aromatic heterocycles. The second-order valence-electron chi connectivity index (χ2n) is 9.20. The van der Waals surface area contributed by atoms with Crippen LogP contribution in [0.15, 0.2) is 65.4 Å². The lowest BCUT2D eigenvalue weighted by Crippen LogP contribution is -2.54. The zero-order chi connectivity index (χ0) is 29.3. The number of benzene rings is 2. The molecule has 0 radical (unpaired) electrons. The number of aliphatic hydroxyl groups is 1. The van der Waals surface area contributed by atoms with Gasteiger partial charge in [0.05, 0.1) is 20.1 Å². The Kier molecular flexibility index (Phi) is 8.36. The van der Waals surface area contributed by atoms with Crippen molar-refractivity contribution in [2.75, 3.05) is 18.6 Å². The Hall–Kier alpha value is -3.32. The number of hydrogen-bond acceptors (Lipinski definition) is 5. The van der Waals surface area contributed by atoms with E-state index in [-0.39, 0.29) is 37.1 Å². The van der Waals surface area contributed by atoms with Crippen molar-refractivity contribution in [2.45, 2.75) is 43.3 Å². The van der Waals surface area contributed by atoms with Gasteiger partial charge in [-0.2, -0.15) is 26.3 Å². The SMILES string of the molecule is COc1cccc(OC2CCc3cc(C(O)(C(F)(F)F)C(F)(F)F)ccc3N(C(=O)Cc3cncc(Br)c3)C2)c1.